The first-order chi connectivity index (χ1) is 19.8. The van der Waals surface area contributed by atoms with Crippen molar-refractivity contribution in [3.05, 3.63) is 128 Å². The zero-order chi connectivity index (χ0) is 28.8. The molecule has 0 bridgehead atoms. The molecule has 0 aliphatic carbocycles. The molecule has 2 N–H and O–H groups in total. The molecule has 0 fully saturated rings. The predicted octanol–water partition coefficient (Wildman–Crippen LogP) is 9.17. The van der Waals surface area contributed by atoms with Gasteiger partial charge in [-0.15, -0.1) is 11.3 Å². The number of hydrogen-bond acceptors (Lipinski definition) is 6. The van der Waals surface area contributed by atoms with Crippen LogP contribution in [0, 0.1) is 6.92 Å². The fourth-order valence-corrected chi connectivity index (χ4v) is 5.37. The Morgan fingerprint density at radius 2 is 1.71 bits per heavy atom. The van der Waals surface area contributed by atoms with E-state index in [2.05, 4.69) is 20.8 Å². The van der Waals surface area contributed by atoms with Crippen LogP contribution >= 0.6 is 46.1 Å². The molecule has 5 aromatic rings. The second kappa shape index (κ2) is 13.2. The molecule has 1 amide bonds. The van der Waals surface area contributed by atoms with Crippen LogP contribution in [0.5, 0.6) is 5.75 Å². The Kier molecular flexibility index (Phi) is 9.21. The Morgan fingerprint density at radius 1 is 0.976 bits per heavy atom. The third kappa shape index (κ3) is 7.65. The van der Waals surface area contributed by atoms with Gasteiger partial charge >= 0.3 is 0 Å². The van der Waals surface area contributed by atoms with Crippen molar-refractivity contribution >= 4 is 69.1 Å². The van der Waals surface area contributed by atoms with Crippen LogP contribution in [0.4, 0.5) is 10.8 Å². The Hall–Kier alpha value is -3.88. The molecule has 6 nitrogen and oxygen atoms in total. The lowest BCUT2D eigenvalue weighted by molar-refractivity contribution is 0.0955. The molecule has 0 saturated heterocycles. The minimum atomic E-state index is -0.355. The summed E-state index contributed by atoms with van der Waals surface area (Å²) in [6.45, 7) is 2.36. The van der Waals surface area contributed by atoms with Crippen molar-refractivity contribution in [2.75, 3.05) is 5.32 Å². The van der Waals surface area contributed by atoms with Crippen LogP contribution in [0.25, 0.3) is 11.3 Å². The van der Waals surface area contributed by atoms with E-state index in [1.165, 1.54) is 17.6 Å². The Labute approximate surface area is 256 Å². The topological polar surface area (TPSA) is 75.6 Å². The van der Waals surface area contributed by atoms with Gasteiger partial charge in [-0.05, 0) is 66.6 Å². The zero-order valence-corrected chi connectivity index (χ0v) is 24.8. The number of rotatable bonds is 9. The number of nitrogens with zero attached hydrogens (tertiary/aromatic N) is 2. The number of hydrogen-bond donors (Lipinski definition) is 2. The molecule has 0 radical (unpaired) electrons. The molecule has 10 heteroatoms. The second-order valence-electron chi connectivity index (χ2n) is 9.04. The van der Waals surface area contributed by atoms with Crippen molar-refractivity contribution in [1.29, 1.82) is 0 Å². The first-order valence-corrected chi connectivity index (χ1v) is 14.4. The van der Waals surface area contributed by atoms with Crippen molar-refractivity contribution in [3.63, 3.8) is 0 Å². The van der Waals surface area contributed by atoms with Crippen LogP contribution in [0.15, 0.2) is 95.4 Å². The van der Waals surface area contributed by atoms with Gasteiger partial charge in [-0.3, -0.25) is 4.79 Å². The highest BCUT2D eigenvalue weighted by atomic mass is 35.5. The summed E-state index contributed by atoms with van der Waals surface area (Å²) in [4.78, 5) is 17.2. The molecule has 0 unspecified atom stereocenters. The van der Waals surface area contributed by atoms with Crippen molar-refractivity contribution in [2.45, 2.75) is 13.5 Å². The van der Waals surface area contributed by atoms with Gasteiger partial charge in [-0.25, -0.2) is 10.4 Å². The highest BCUT2D eigenvalue weighted by molar-refractivity contribution is 7.14. The molecule has 0 aliphatic heterocycles. The number of amides is 1. The molecular weight excluding hydrogens is 599 g/mol. The van der Waals surface area contributed by atoms with E-state index in [1.807, 2.05) is 73.0 Å². The largest absolute Gasteiger partial charge is 0.486 e. The number of thiazole rings is 1. The van der Waals surface area contributed by atoms with Crippen LogP contribution in [-0.2, 0) is 6.61 Å². The summed E-state index contributed by atoms with van der Waals surface area (Å²) in [5.41, 5.74) is 8.35. The Balaban J connectivity index is 1.16. The number of aromatic nitrogens is 1. The fraction of sp³-hybridized carbons (Fsp3) is 0.0645. The number of ether oxygens (including phenoxy) is 1. The van der Waals surface area contributed by atoms with Gasteiger partial charge in [0.1, 0.15) is 6.61 Å². The van der Waals surface area contributed by atoms with E-state index in [9.17, 15) is 4.79 Å². The minimum Gasteiger partial charge on any atom is -0.486 e. The highest BCUT2D eigenvalue weighted by Gasteiger charge is 2.11. The molecule has 206 valence electrons. The fourth-order valence-electron chi connectivity index (χ4n) is 3.89. The van der Waals surface area contributed by atoms with E-state index in [4.69, 9.17) is 39.5 Å². The van der Waals surface area contributed by atoms with Crippen LogP contribution in [0.1, 0.15) is 27.0 Å². The zero-order valence-electron chi connectivity index (χ0n) is 21.7. The number of carbonyl (C=O) groups excluding carboxylic acids is 1. The molecule has 41 heavy (non-hydrogen) atoms. The van der Waals surface area contributed by atoms with Gasteiger partial charge in [0.15, 0.2) is 10.9 Å². The van der Waals surface area contributed by atoms with Gasteiger partial charge in [0.2, 0.25) is 0 Å². The van der Waals surface area contributed by atoms with E-state index < -0.39 is 0 Å². The maximum absolute atomic E-state index is 12.6. The number of benzene rings is 4. The molecule has 4 aromatic carbocycles. The summed E-state index contributed by atoms with van der Waals surface area (Å²) in [6.07, 6.45) is 1.47. The normalized spacial score (nSPS) is 11.0. The maximum Gasteiger partial charge on any atom is 0.271 e. The Morgan fingerprint density at radius 3 is 2.41 bits per heavy atom. The van der Waals surface area contributed by atoms with E-state index >= 15 is 0 Å². The third-order valence-electron chi connectivity index (χ3n) is 5.91. The summed E-state index contributed by atoms with van der Waals surface area (Å²) >= 11 is 20.3. The average Bonchev–Trinajstić information content (AvgIpc) is 3.42. The quantitative estimate of drug-likeness (QED) is 0.127. The van der Waals surface area contributed by atoms with Crippen molar-refractivity contribution in [2.24, 2.45) is 5.10 Å². The lowest BCUT2D eigenvalue weighted by Gasteiger charge is -2.11. The summed E-state index contributed by atoms with van der Waals surface area (Å²) in [5.74, 6) is 0.0376. The number of anilines is 2. The number of halogens is 3. The molecule has 1 heterocycles. The number of aryl methyl sites for hydroxylation is 1. The minimum absolute atomic E-state index is 0.341. The molecule has 1 aromatic heterocycles. The molecule has 0 saturated carbocycles. The monoisotopic (exact) mass is 620 g/mol. The second-order valence-corrected chi connectivity index (χ2v) is 11.1. The van der Waals surface area contributed by atoms with Crippen molar-refractivity contribution in [1.82, 2.24) is 10.4 Å². The maximum atomic E-state index is 12.6. The van der Waals surface area contributed by atoms with Gasteiger partial charge in [0, 0.05) is 27.2 Å². The van der Waals surface area contributed by atoms with Gasteiger partial charge in [-0.1, -0.05) is 76.8 Å². The molecule has 0 atom stereocenters. The Bertz CT molecular complexity index is 1680. The van der Waals surface area contributed by atoms with Crippen molar-refractivity contribution < 1.29 is 9.53 Å². The first kappa shape index (κ1) is 28.6. The average molecular weight is 622 g/mol. The van der Waals surface area contributed by atoms with Crippen LogP contribution in [0.2, 0.25) is 15.1 Å². The number of hydrazone groups is 1. The predicted molar refractivity (Wildman–Crippen MR) is 169 cm³/mol. The van der Waals surface area contributed by atoms with Gasteiger partial charge in [-0.2, -0.15) is 5.10 Å². The van der Waals surface area contributed by atoms with E-state index in [0.717, 1.165) is 33.2 Å². The summed E-state index contributed by atoms with van der Waals surface area (Å²) < 4.78 is 5.85. The lowest BCUT2D eigenvalue weighted by Crippen LogP contribution is -2.17. The van der Waals surface area contributed by atoms with Gasteiger partial charge in [0.25, 0.3) is 5.91 Å². The molecule has 5 rings (SSSR count). The van der Waals surface area contributed by atoms with Gasteiger partial charge in [0.05, 0.1) is 22.0 Å². The first-order valence-electron chi connectivity index (χ1n) is 12.4. The van der Waals surface area contributed by atoms with E-state index in [1.54, 1.807) is 24.3 Å². The number of carbonyl (C=O) groups is 1. The van der Waals surface area contributed by atoms with Gasteiger partial charge < -0.3 is 10.1 Å². The van der Waals surface area contributed by atoms with E-state index in [0.29, 0.717) is 38.6 Å². The SMILES string of the molecule is Cc1cccc(COc2c(Cl)cc(/C=N\NC(=O)c3ccc(-c4csc(Nc5ccc(Cl)cc5)n4)cc3)cc2Cl)c1. The molecule has 0 spiro atoms. The summed E-state index contributed by atoms with van der Waals surface area (Å²) in [7, 11) is 0. The summed E-state index contributed by atoms with van der Waals surface area (Å²) in [6, 6.07) is 25.9. The van der Waals surface area contributed by atoms with Crippen LogP contribution in [-0.4, -0.2) is 17.1 Å². The summed E-state index contributed by atoms with van der Waals surface area (Å²) in [5, 5.41) is 11.4. The molecule has 0 aliphatic rings. The highest BCUT2D eigenvalue weighted by Crippen LogP contribution is 2.34. The van der Waals surface area contributed by atoms with Crippen LogP contribution < -0.4 is 15.5 Å². The third-order valence-corrected chi connectivity index (χ3v) is 7.48. The molecular formula is C31H23Cl3N4O2S. The standard InChI is InChI=1S/C31H23Cl3N4O2S/c1-19-3-2-4-20(13-19)17-40-29-26(33)14-21(15-27(29)34)16-35-38-30(39)23-7-5-22(6-8-23)28-18-41-31(37-28)36-25-11-9-24(32)10-12-25/h2-16,18H,17H2,1H3,(H,36,37)(H,38,39)/b35-16-. The number of nitrogens with one attached hydrogen (secondary N) is 2. The smallest absolute Gasteiger partial charge is 0.271 e. The van der Waals surface area contributed by atoms with Crippen LogP contribution in [0.3, 0.4) is 0 Å². The lowest BCUT2D eigenvalue weighted by atomic mass is 10.1. The van der Waals surface area contributed by atoms with Crippen molar-refractivity contribution in [3.8, 4) is 17.0 Å². The van der Waals surface area contributed by atoms with E-state index in [-0.39, 0.29) is 5.91 Å².